The Balaban J connectivity index is 3.17. The highest BCUT2D eigenvalue weighted by Gasteiger charge is 2.33. The van der Waals surface area contributed by atoms with Gasteiger partial charge in [-0.1, -0.05) is 33.8 Å². The van der Waals surface area contributed by atoms with Crippen LogP contribution in [0.3, 0.4) is 0 Å². The lowest BCUT2D eigenvalue weighted by molar-refractivity contribution is -0.384. The normalized spacial score (nSPS) is 13.1. The molecule has 0 spiro atoms. The summed E-state index contributed by atoms with van der Waals surface area (Å²) in [7, 11) is -3.85. The van der Waals surface area contributed by atoms with Gasteiger partial charge in [-0.15, -0.1) is 0 Å². The highest BCUT2D eigenvalue weighted by atomic mass is 32.2. The molecule has 0 aromatic heterocycles. The van der Waals surface area contributed by atoms with E-state index in [0.717, 1.165) is 10.6 Å². The van der Waals surface area contributed by atoms with E-state index in [1.807, 2.05) is 0 Å². The Bertz CT molecular complexity index is 819. The van der Waals surface area contributed by atoms with Crippen molar-refractivity contribution < 1.29 is 18.1 Å². The molecule has 0 radical (unpaired) electrons. The average molecular weight is 432 g/mol. The SMILES string of the molecule is CC[C@@H](C(=O)NCCSC(C)(C)C)N(c1cc([N+](=O)[O-])ccc1C)S(C)(=O)=O. The summed E-state index contributed by atoms with van der Waals surface area (Å²) in [6.07, 6.45) is 1.23. The Hall–Kier alpha value is -1.81. The molecule has 158 valence electrons. The second kappa shape index (κ2) is 9.60. The number of carbonyl (C=O) groups excluding carboxylic acids is 1. The summed E-state index contributed by atoms with van der Waals surface area (Å²) in [6, 6.07) is 3.00. The molecule has 0 aliphatic carbocycles. The van der Waals surface area contributed by atoms with E-state index in [2.05, 4.69) is 26.1 Å². The van der Waals surface area contributed by atoms with Gasteiger partial charge in [0.1, 0.15) is 6.04 Å². The molecule has 10 heteroatoms. The summed E-state index contributed by atoms with van der Waals surface area (Å²) in [5, 5.41) is 13.9. The largest absolute Gasteiger partial charge is 0.353 e. The van der Waals surface area contributed by atoms with Crippen LogP contribution in [-0.2, 0) is 14.8 Å². The minimum Gasteiger partial charge on any atom is -0.353 e. The molecule has 1 aromatic carbocycles. The first-order chi connectivity index (χ1) is 12.8. The number of nitrogens with zero attached hydrogens (tertiary/aromatic N) is 2. The molecule has 0 saturated carbocycles. The second-order valence-corrected chi connectivity index (χ2v) is 11.2. The topological polar surface area (TPSA) is 110 Å². The summed E-state index contributed by atoms with van der Waals surface area (Å²) in [4.78, 5) is 23.3. The maximum absolute atomic E-state index is 12.7. The van der Waals surface area contributed by atoms with Gasteiger partial charge in [-0.25, -0.2) is 8.42 Å². The van der Waals surface area contributed by atoms with E-state index < -0.39 is 26.9 Å². The monoisotopic (exact) mass is 431 g/mol. The van der Waals surface area contributed by atoms with Crippen LogP contribution in [0.25, 0.3) is 0 Å². The van der Waals surface area contributed by atoms with Gasteiger partial charge < -0.3 is 5.32 Å². The van der Waals surface area contributed by atoms with Crippen molar-refractivity contribution in [1.82, 2.24) is 5.32 Å². The number of nitrogens with one attached hydrogen (secondary N) is 1. The van der Waals surface area contributed by atoms with Crippen molar-refractivity contribution in [2.45, 2.75) is 51.8 Å². The zero-order valence-electron chi connectivity index (χ0n) is 17.2. The number of benzene rings is 1. The molecule has 1 N–H and O–H groups in total. The Kier molecular flexibility index (Phi) is 8.30. The van der Waals surface area contributed by atoms with Gasteiger partial charge in [-0.05, 0) is 18.9 Å². The van der Waals surface area contributed by atoms with Crippen molar-refractivity contribution in [2.24, 2.45) is 0 Å². The number of sulfonamides is 1. The number of hydrogen-bond acceptors (Lipinski definition) is 6. The van der Waals surface area contributed by atoms with Gasteiger partial charge >= 0.3 is 0 Å². The summed E-state index contributed by atoms with van der Waals surface area (Å²) >= 11 is 1.69. The number of thioether (sulfide) groups is 1. The van der Waals surface area contributed by atoms with Crippen LogP contribution in [0.2, 0.25) is 0 Å². The van der Waals surface area contributed by atoms with Gasteiger partial charge in [0.15, 0.2) is 0 Å². The van der Waals surface area contributed by atoms with E-state index in [1.165, 1.54) is 18.2 Å². The molecule has 1 atom stereocenters. The lowest BCUT2D eigenvalue weighted by Crippen LogP contribution is -2.50. The van der Waals surface area contributed by atoms with E-state index in [-0.39, 0.29) is 22.5 Å². The van der Waals surface area contributed by atoms with Gasteiger partial charge in [0, 0.05) is 29.2 Å². The van der Waals surface area contributed by atoms with E-state index in [9.17, 15) is 23.3 Å². The van der Waals surface area contributed by atoms with Crippen molar-refractivity contribution in [1.29, 1.82) is 0 Å². The maximum Gasteiger partial charge on any atom is 0.271 e. The third kappa shape index (κ3) is 6.97. The number of nitro benzene ring substituents is 1. The lowest BCUT2D eigenvalue weighted by atomic mass is 10.1. The van der Waals surface area contributed by atoms with Crippen LogP contribution in [0.5, 0.6) is 0 Å². The van der Waals surface area contributed by atoms with Crippen LogP contribution < -0.4 is 9.62 Å². The van der Waals surface area contributed by atoms with Crippen LogP contribution in [0.1, 0.15) is 39.7 Å². The number of amides is 1. The minimum atomic E-state index is -3.85. The predicted molar refractivity (Wildman–Crippen MR) is 114 cm³/mol. The number of nitro groups is 1. The average Bonchev–Trinajstić information content (AvgIpc) is 2.55. The maximum atomic E-state index is 12.7. The first-order valence-electron chi connectivity index (χ1n) is 8.94. The van der Waals surface area contributed by atoms with Crippen molar-refractivity contribution in [3.8, 4) is 0 Å². The first-order valence-corrected chi connectivity index (χ1v) is 11.8. The molecule has 0 aliphatic rings. The van der Waals surface area contributed by atoms with Crippen LogP contribution in [0.15, 0.2) is 18.2 Å². The Morgan fingerprint density at radius 3 is 2.43 bits per heavy atom. The highest BCUT2D eigenvalue weighted by molar-refractivity contribution is 8.00. The quantitative estimate of drug-likeness (QED) is 0.365. The number of hydrogen-bond donors (Lipinski definition) is 1. The third-order valence-corrected chi connectivity index (χ3v) is 6.35. The molecule has 0 saturated heterocycles. The fraction of sp³-hybridized carbons (Fsp3) is 0.611. The molecule has 1 aromatic rings. The second-order valence-electron chi connectivity index (χ2n) is 7.46. The Labute approximate surface area is 171 Å². The van der Waals surface area contributed by atoms with Crippen molar-refractivity contribution in [2.75, 3.05) is 22.9 Å². The van der Waals surface area contributed by atoms with Crippen LogP contribution in [0.4, 0.5) is 11.4 Å². The number of non-ortho nitro benzene ring substituents is 1. The third-order valence-electron chi connectivity index (χ3n) is 3.91. The van der Waals surface area contributed by atoms with Crippen molar-refractivity contribution >= 4 is 39.1 Å². The van der Waals surface area contributed by atoms with Gasteiger partial charge in [0.2, 0.25) is 15.9 Å². The molecule has 0 heterocycles. The smallest absolute Gasteiger partial charge is 0.271 e. The molecule has 8 nitrogen and oxygen atoms in total. The molecule has 0 aliphatic heterocycles. The van der Waals surface area contributed by atoms with Gasteiger partial charge in [0.25, 0.3) is 5.69 Å². The van der Waals surface area contributed by atoms with Gasteiger partial charge in [-0.3, -0.25) is 19.2 Å². The van der Waals surface area contributed by atoms with Gasteiger partial charge in [0.05, 0.1) is 16.9 Å². The standard InChI is InChI=1S/C18H29N3O5S2/c1-7-15(17(22)19-10-11-27-18(3,4)5)20(28(6,25)26)16-12-14(21(23)24)9-8-13(16)2/h8-9,12,15H,7,10-11H2,1-6H3,(H,19,22)/t15-/m0/s1. The molecule has 0 fully saturated rings. The van der Waals surface area contributed by atoms with E-state index in [4.69, 9.17) is 0 Å². The van der Waals surface area contributed by atoms with E-state index >= 15 is 0 Å². The Morgan fingerprint density at radius 1 is 1.36 bits per heavy atom. The molecule has 0 bridgehead atoms. The lowest BCUT2D eigenvalue weighted by Gasteiger charge is -2.31. The van der Waals surface area contributed by atoms with Crippen LogP contribution in [0, 0.1) is 17.0 Å². The van der Waals surface area contributed by atoms with E-state index in [1.54, 1.807) is 25.6 Å². The zero-order chi connectivity index (χ0) is 21.7. The summed E-state index contributed by atoms with van der Waals surface area (Å²) in [6.45, 7) is 9.99. The predicted octanol–water partition coefficient (Wildman–Crippen LogP) is 3.10. The first kappa shape index (κ1) is 24.2. The summed E-state index contributed by atoms with van der Waals surface area (Å²) < 4.78 is 26.1. The highest BCUT2D eigenvalue weighted by Crippen LogP contribution is 2.30. The molecule has 0 unspecified atom stereocenters. The number of aryl methyl sites for hydroxylation is 1. The molecular formula is C18H29N3O5S2. The van der Waals surface area contributed by atoms with Gasteiger partial charge in [-0.2, -0.15) is 11.8 Å². The number of rotatable bonds is 9. The molecular weight excluding hydrogens is 402 g/mol. The molecule has 1 rings (SSSR count). The minimum absolute atomic E-state index is 0.0633. The van der Waals surface area contributed by atoms with E-state index in [0.29, 0.717) is 17.9 Å². The number of anilines is 1. The molecule has 1 amide bonds. The summed E-state index contributed by atoms with van der Waals surface area (Å²) in [5.41, 5.74) is 0.444. The number of carbonyl (C=O) groups is 1. The fourth-order valence-electron chi connectivity index (χ4n) is 2.63. The van der Waals surface area contributed by atoms with Crippen molar-refractivity contribution in [3.05, 3.63) is 33.9 Å². The zero-order valence-corrected chi connectivity index (χ0v) is 18.8. The summed E-state index contributed by atoms with van der Waals surface area (Å²) in [5.74, 6) is 0.272. The fourth-order valence-corrected chi connectivity index (χ4v) is 4.71. The van der Waals surface area contributed by atoms with Crippen LogP contribution in [-0.4, -0.2) is 48.6 Å². The van der Waals surface area contributed by atoms with Crippen molar-refractivity contribution in [3.63, 3.8) is 0 Å². The Morgan fingerprint density at radius 2 is 1.96 bits per heavy atom. The van der Waals surface area contributed by atoms with Crippen LogP contribution >= 0.6 is 11.8 Å². The molecule has 28 heavy (non-hydrogen) atoms.